The van der Waals surface area contributed by atoms with Crippen molar-refractivity contribution >= 4 is 5.91 Å². The zero-order valence-electron chi connectivity index (χ0n) is 15.0. The number of likely N-dealkylation sites (tertiary alicyclic amines) is 1. The van der Waals surface area contributed by atoms with Crippen molar-refractivity contribution in [2.45, 2.75) is 39.0 Å². The van der Waals surface area contributed by atoms with Crippen LogP contribution in [0.5, 0.6) is 0 Å². The highest BCUT2D eigenvalue weighted by atomic mass is 16.2. The lowest BCUT2D eigenvalue weighted by Crippen LogP contribution is -2.38. The van der Waals surface area contributed by atoms with E-state index in [2.05, 4.69) is 31.0 Å². The first-order chi connectivity index (χ1) is 12.0. The lowest BCUT2D eigenvalue weighted by atomic mass is 9.90. The second-order valence-corrected chi connectivity index (χ2v) is 7.35. The van der Waals surface area contributed by atoms with Crippen molar-refractivity contribution in [2.75, 3.05) is 13.1 Å². The lowest BCUT2D eigenvalue weighted by molar-refractivity contribution is 0.0713. The van der Waals surface area contributed by atoms with Crippen LogP contribution in [-0.2, 0) is 6.42 Å². The van der Waals surface area contributed by atoms with Crippen LogP contribution in [0.25, 0.3) is 0 Å². The summed E-state index contributed by atoms with van der Waals surface area (Å²) in [6, 6.07) is 11.7. The number of carbonyl (C=O) groups is 1. The summed E-state index contributed by atoms with van der Waals surface area (Å²) in [5.74, 6) is 1.09. The molecule has 0 bridgehead atoms. The summed E-state index contributed by atoms with van der Waals surface area (Å²) < 4.78 is 0. The molecule has 2 aromatic rings. The molecule has 1 aromatic carbocycles. The van der Waals surface area contributed by atoms with Gasteiger partial charge >= 0.3 is 0 Å². The molecule has 25 heavy (non-hydrogen) atoms. The molecule has 1 fully saturated rings. The smallest absolute Gasteiger partial charge is 0.253 e. The molecule has 0 atom stereocenters. The fraction of sp³-hybridized carbons (Fsp3) is 0.429. The van der Waals surface area contributed by atoms with E-state index in [1.165, 1.54) is 5.56 Å². The Morgan fingerprint density at radius 2 is 1.84 bits per heavy atom. The normalized spacial score (nSPS) is 15.6. The first kappa shape index (κ1) is 17.5. The van der Waals surface area contributed by atoms with E-state index in [-0.39, 0.29) is 11.5 Å². The van der Waals surface area contributed by atoms with Crippen LogP contribution in [0.1, 0.15) is 54.1 Å². The van der Waals surface area contributed by atoms with Gasteiger partial charge in [0.05, 0.1) is 0 Å². The quantitative estimate of drug-likeness (QED) is 0.926. The van der Waals surface area contributed by atoms with Crippen LogP contribution in [0.15, 0.2) is 47.4 Å². The van der Waals surface area contributed by atoms with Gasteiger partial charge in [0.25, 0.3) is 5.91 Å². The molecule has 3 rings (SSSR count). The van der Waals surface area contributed by atoms with Gasteiger partial charge in [-0.05, 0) is 60.4 Å². The Hall–Kier alpha value is -2.36. The number of rotatable bonds is 4. The van der Waals surface area contributed by atoms with Crippen LogP contribution < -0.4 is 5.56 Å². The van der Waals surface area contributed by atoms with Crippen molar-refractivity contribution in [2.24, 2.45) is 5.92 Å². The number of nitrogens with one attached hydrogen (secondary N) is 1. The van der Waals surface area contributed by atoms with Gasteiger partial charge in [0.2, 0.25) is 5.56 Å². The second-order valence-electron chi connectivity index (χ2n) is 7.35. The molecule has 4 nitrogen and oxygen atoms in total. The van der Waals surface area contributed by atoms with Crippen molar-refractivity contribution < 1.29 is 4.79 Å². The molecule has 1 amide bonds. The fourth-order valence-corrected chi connectivity index (χ4v) is 3.57. The third-order valence-electron chi connectivity index (χ3n) is 4.90. The Kier molecular flexibility index (Phi) is 5.37. The third kappa shape index (κ3) is 4.38. The average molecular weight is 338 g/mol. The van der Waals surface area contributed by atoms with Crippen LogP contribution in [0, 0.1) is 5.92 Å². The largest absolute Gasteiger partial charge is 0.339 e. The SMILES string of the molecule is CC(C)Cc1ccc(C(=O)N2CCC(c3cc[nH]c(=O)c3)CC2)cc1. The number of aromatic amines is 1. The zero-order chi connectivity index (χ0) is 17.8. The Balaban J connectivity index is 1.60. The summed E-state index contributed by atoms with van der Waals surface area (Å²) in [4.78, 5) is 28.8. The summed E-state index contributed by atoms with van der Waals surface area (Å²) in [5, 5.41) is 0. The second kappa shape index (κ2) is 7.68. The van der Waals surface area contributed by atoms with Gasteiger partial charge < -0.3 is 9.88 Å². The van der Waals surface area contributed by atoms with E-state index < -0.39 is 0 Å². The summed E-state index contributed by atoms with van der Waals surface area (Å²) in [6.07, 6.45) is 4.55. The Labute approximate surface area is 148 Å². The van der Waals surface area contributed by atoms with Crippen LogP contribution in [0.2, 0.25) is 0 Å². The summed E-state index contributed by atoms with van der Waals surface area (Å²) in [7, 11) is 0. The molecule has 1 saturated heterocycles. The molecule has 0 aliphatic carbocycles. The van der Waals surface area contributed by atoms with E-state index in [1.807, 2.05) is 23.1 Å². The van der Waals surface area contributed by atoms with E-state index >= 15 is 0 Å². The third-order valence-corrected chi connectivity index (χ3v) is 4.90. The number of benzene rings is 1. The van der Waals surface area contributed by atoms with Gasteiger partial charge in [-0.15, -0.1) is 0 Å². The van der Waals surface area contributed by atoms with Crippen molar-refractivity contribution in [3.05, 3.63) is 69.6 Å². The van der Waals surface area contributed by atoms with Gasteiger partial charge in [-0.3, -0.25) is 9.59 Å². The van der Waals surface area contributed by atoms with Gasteiger partial charge in [-0.25, -0.2) is 0 Å². The number of amides is 1. The highest BCUT2D eigenvalue weighted by Crippen LogP contribution is 2.27. The van der Waals surface area contributed by atoms with Crippen molar-refractivity contribution in [3.63, 3.8) is 0 Å². The Bertz CT molecular complexity index is 769. The standard InChI is InChI=1S/C21H26N2O2/c1-15(2)13-16-3-5-18(6-4-16)21(25)23-11-8-17(9-12-23)19-7-10-22-20(24)14-19/h3-7,10,14-15,17H,8-9,11-13H2,1-2H3,(H,22,24). The minimum atomic E-state index is -0.0579. The number of nitrogens with zero attached hydrogens (tertiary/aromatic N) is 1. The van der Waals surface area contributed by atoms with Gasteiger partial charge in [0.1, 0.15) is 0 Å². The number of pyridine rings is 1. The molecule has 0 radical (unpaired) electrons. The summed E-state index contributed by atoms with van der Waals surface area (Å²) in [6.45, 7) is 5.88. The van der Waals surface area contributed by atoms with E-state index in [0.717, 1.165) is 43.5 Å². The van der Waals surface area contributed by atoms with Crippen molar-refractivity contribution in [1.29, 1.82) is 0 Å². The number of H-pyrrole nitrogens is 1. The van der Waals surface area contributed by atoms with E-state index in [9.17, 15) is 9.59 Å². The first-order valence-corrected chi connectivity index (χ1v) is 9.10. The highest BCUT2D eigenvalue weighted by Gasteiger charge is 2.24. The van der Waals surface area contributed by atoms with Crippen molar-refractivity contribution in [3.8, 4) is 0 Å². The monoisotopic (exact) mass is 338 g/mol. The topological polar surface area (TPSA) is 53.2 Å². The molecule has 1 aromatic heterocycles. The maximum atomic E-state index is 12.7. The molecule has 0 saturated carbocycles. The van der Waals surface area contributed by atoms with Gasteiger partial charge in [0, 0.05) is 30.9 Å². The van der Waals surface area contributed by atoms with Crippen LogP contribution in [-0.4, -0.2) is 28.9 Å². The van der Waals surface area contributed by atoms with Gasteiger partial charge in [-0.2, -0.15) is 0 Å². The number of aromatic nitrogens is 1. The van der Waals surface area contributed by atoms with Gasteiger partial charge in [-0.1, -0.05) is 26.0 Å². The number of carbonyl (C=O) groups excluding carboxylic acids is 1. The maximum Gasteiger partial charge on any atom is 0.253 e. The summed E-state index contributed by atoms with van der Waals surface area (Å²) >= 11 is 0. The van der Waals surface area contributed by atoms with E-state index in [4.69, 9.17) is 0 Å². The molecule has 132 valence electrons. The van der Waals surface area contributed by atoms with Gasteiger partial charge in [0.15, 0.2) is 0 Å². The van der Waals surface area contributed by atoms with Crippen LogP contribution >= 0.6 is 0 Å². The predicted octanol–water partition coefficient (Wildman–Crippen LogP) is 3.59. The van der Waals surface area contributed by atoms with E-state index in [1.54, 1.807) is 12.3 Å². The maximum absolute atomic E-state index is 12.7. The Morgan fingerprint density at radius 3 is 2.44 bits per heavy atom. The zero-order valence-corrected chi connectivity index (χ0v) is 15.0. The molecule has 0 spiro atoms. The molecule has 0 unspecified atom stereocenters. The number of piperidine rings is 1. The fourth-order valence-electron chi connectivity index (χ4n) is 3.57. The molecule has 4 heteroatoms. The molecule has 1 aliphatic rings. The predicted molar refractivity (Wildman–Crippen MR) is 99.9 cm³/mol. The Morgan fingerprint density at radius 1 is 1.16 bits per heavy atom. The van der Waals surface area contributed by atoms with Crippen LogP contribution in [0.3, 0.4) is 0 Å². The molecular formula is C21H26N2O2. The molecule has 1 aliphatic heterocycles. The minimum absolute atomic E-state index is 0.0579. The van der Waals surface area contributed by atoms with Crippen molar-refractivity contribution in [1.82, 2.24) is 9.88 Å². The molecule has 1 N–H and O–H groups in total. The summed E-state index contributed by atoms with van der Waals surface area (Å²) in [5.41, 5.74) is 3.06. The van der Waals surface area contributed by atoms with Crippen LogP contribution in [0.4, 0.5) is 0 Å². The minimum Gasteiger partial charge on any atom is -0.339 e. The number of hydrogen-bond acceptors (Lipinski definition) is 2. The molecular weight excluding hydrogens is 312 g/mol. The molecule has 2 heterocycles. The highest BCUT2D eigenvalue weighted by molar-refractivity contribution is 5.94. The lowest BCUT2D eigenvalue weighted by Gasteiger charge is -2.32. The average Bonchev–Trinajstić information content (AvgIpc) is 2.61. The number of hydrogen-bond donors (Lipinski definition) is 1. The first-order valence-electron chi connectivity index (χ1n) is 9.10. The van der Waals surface area contributed by atoms with E-state index in [0.29, 0.717) is 11.8 Å².